The van der Waals surface area contributed by atoms with Crippen LogP contribution in [0, 0.1) is 0 Å². The van der Waals surface area contributed by atoms with Crippen LogP contribution in [0.5, 0.6) is 0 Å². The summed E-state index contributed by atoms with van der Waals surface area (Å²) in [5, 5.41) is 9.32. The molecule has 1 atom stereocenters. The number of aliphatic hydroxyl groups excluding tert-OH is 1. The average Bonchev–Trinajstić information content (AvgIpc) is 1.78. The molecule has 0 saturated carbocycles. The topological polar surface area (TPSA) is 77.4 Å². The van der Waals surface area contributed by atoms with Crippen LogP contribution in [0.2, 0.25) is 0 Å². The lowest BCUT2D eigenvalue weighted by Crippen LogP contribution is -2.47. The van der Waals surface area contributed by atoms with Crippen molar-refractivity contribution in [1.82, 2.24) is 0 Å². The highest BCUT2D eigenvalue weighted by Gasteiger charge is 2.20. The number of nitrogens with zero attached hydrogens (tertiary/aromatic N) is 1. The van der Waals surface area contributed by atoms with Crippen molar-refractivity contribution in [2.45, 2.75) is 6.10 Å². The Morgan fingerprint density at radius 1 is 1.57 bits per heavy atom. The third kappa shape index (κ3) is 7.02. The maximum absolute atomic E-state index is 10.3. The van der Waals surface area contributed by atoms with Crippen LogP contribution in [0.4, 0.5) is 0 Å². The van der Waals surface area contributed by atoms with E-state index in [2.05, 4.69) is 6.58 Å². The molecule has 84 valence electrons. The zero-order valence-electron chi connectivity index (χ0n) is 8.51. The largest absolute Gasteiger partial charge is 0.748 e. The molecule has 0 fully saturated rings. The van der Waals surface area contributed by atoms with Crippen LogP contribution in [-0.4, -0.2) is 61.6 Å². The van der Waals surface area contributed by atoms with Crippen LogP contribution in [0.25, 0.3) is 0 Å². The number of aliphatic hydroxyl groups is 1. The smallest absolute Gasteiger partial charge is 0.116 e. The predicted molar refractivity (Wildman–Crippen MR) is 52.6 cm³/mol. The highest BCUT2D eigenvalue weighted by Crippen LogP contribution is 2.01. The summed E-state index contributed by atoms with van der Waals surface area (Å²) < 4.78 is 31.4. The van der Waals surface area contributed by atoms with Crippen molar-refractivity contribution in [3.05, 3.63) is 12.7 Å². The fourth-order valence-electron chi connectivity index (χ4n) is 1.28. The van der Waals surface area contributed by atoms with E-state index in [-0.39, 0.29) is 6.54 Å². The van der Waals surface area contributed by atoms with E-state index in [1.807, 2.05) is 14.1 Å². The highest BCUT2D eigenvalue weighted by atomic mass is 32.2. The lowest BCUT2D eigenvalue weighted by molar-refractivity contribution is -0.887. The van der Waals surface area contributed by atoms with Gasteiger partial charge in [0.05, 0.1) is 36.5 Å². The molecule has 0 saturated heterocycles. The number of quaternary nitrogens is 1. The molecule has 6 heteroatoms. The Kier molecular flexibility index (Phi) is 4.73. The third-order valence-corrected chi connectivity index (χ3v) is 2.52. The molecule has 0 bridgehead atoms. The molecular formula is C8H17NO4S. The Hall–Kier alpha value is -0.430. The first-order valence-corrected chi connectivity index (χ1v) is 5.78. The van der Waals surface area contributed by atoms with Crippen LogP contribution in [0.3, 0.4) is 0 Å². The number of hydrogen-bond acceptors (Lipinski definition) is 4. The fourth-order valence-corrected chi connectivity index (χ4v) is 1.86. The Labute approximate surface area is 85.0 Å². The molecule has 0 aliphatic carbocycles. The van der Waals surface area contributed by atoms with Gasteiger partial charge in [0.2, 0.25) is 0 Å². The summed E-state index contributed by atoms with van der Waals surface area (Å²) in [6, 6.07) is 0. The van der Waals surface area contributed by atoms with Gasteiger partial charge in [0, 0.05) is 0 Å². The monoisotopic (exact) mass is 223 g/mol. The molecule has 0 aromatic heterocycles. The van der Waals surface area contributed by atoms with Gasteiger partial charge in [-0.1, -0.05) is 6.58 Å². The fraction of sp³-hybridized carbons (Fsp3) is 0.750. The summed E-state index contributed by atoms with van der Waals surface area (Å²) in [7, 11) is -0.703. The second-order valence-electron chi connectivity index (χ2n) is 3.97. The molecule has 0 amide bonds. The average molecular weight is 223 g/mol. The van der Waals surface area contributed by atoms with Crippen LogP contribution in [0.15, 0.2) is 12.7 Å². The molecule has 0 aromatic carbocycles. The van der Waals surface area contributed by atoms with Gasteiger partial charge in [-0.2, -0.15) is 0 Å². The number of hydrogen-bond donors (Lipinski definition) is 1. The van der Waals surface area contributed by atoms with Crippen molar-refractivity contribution in [2.24, 2.45) is 0 Å². The normalized spacial score (nSPS) is 15.1. The lowest BCUT2D eigenvalue weighted by atomic mass is 10.3. The van der Waals surface area contributed by atoms with Gasteiger partial charge in [-0.3, -0.25) is 0 Å². The van der Waals surface area contributed by atoms with Crippen molar-refractivity contribution < 1.29 is 22.6 Å². The summed E-state index contributed by atoms with van der Waals surface area (Å²) in [6.45, 7) is 4.37. The molecule has 1 N–H and O–H groups in total. The van der Waals surface area contributed by atoms with Gasteiger partial charge in [-0.05, 0) is 6.08 Å². The first-order valence-electron chi connectivity index (χ1n) is 4.21. The van der Waals surface area contributed by atoms with Gasteiger partial charge in [0.1, 0.15) is 12.6 Å². The van der Waals surface area contributed by atoms with Crippen molar-refractivity contribution in [3.8, 4) is 0 Å². The Morgan fingerprint density at radius 3 is 2.43 bits per heavy atom. The van der Waals surface area contributed by atoms with E-state index in [0.717, 1.165) is 0 Å². The first kappa shape index (κ1) is 13.6. The minimum absolute atomic E-state index is 0.216. The molecule has 0 rings (SSSR count). The minimum Gasteiger partial charge on any atom is -0.748 e. The van der Waals surface area contributed by atoms with E-state index >= 15 is 0 Å². The molecule has 0 spiro atoms. The quantitative estimate of drug-likeness (QED) is 0.361. The van der Waals surface area contributed by atoms with E-state index in [1.54, 1.807) is 6.08 Å². The van der Waals surface area contributed by atoms with Crippen LogP contribution in [0.1, 0.15) is 0 Å². The Balaban J connectivity index is 4.18. The molecule has 0 heterocycles. The van der Waals surface area contributed by atoms with Crippen LogP contribution in [-0.2, 0) is 10.1 Å². The molecular weight excluding hydrogens is 206 g/mol. The molecule has 0 radical (unpaired) electrons. The predicted octanol–water partition coefficient (Wildman–Crippen LogP) is -0.845. The van der Waals surface area contributed by atoms with Gasteiger partial charge in [0.25, 0.3) is 0 Å². The standard InChI is InChI=1S/C8H17NO4S/c1-4-5-9(2,3)6-8(10)7-14(11,12)13/h4,8,10H,1,5-7H2,2-3H3. The second-order valence-corrected chi connectivity index (χ2v) is 5.42. The van der Waals surface area contributed by atoms with Crippen LogP contribution >= 0.6 is 0 Å². The van der Waals surface area contributed by atoms with E-state index < -0.39 is 22.0 Å². The summed E-state index contributed by atoms with van der Waals surface area (Å²) >= 11 is 0. The van der Waals surface area contributed by atoms with E-state index in [9.17, 15) is 18.1 Å². The Bertz CT molecular complexity index is 284. The molecule has 5 nitrogen and oxygen atoms in total. The molecule has 1 unspecified atom stereocenters. The van der Waals surface area contributed by atoms with Gasteiger partial charge < -0.3 is 14.1 Å². The van der Waals surface area contributed by atoms with E-state index in [1.165, 1.54) is 0 Å². The van der Waals surface area contributed by atoms with E-state index in [4.69, 9.17) is 0 Å². The third-order valence-electron chi connectivity index (χ3n) is 1.72. The van der Waals surface area contributed by atoms with Crippen molar-refractivity contribution in [3.63, 3.8) is 0 Å². The van der Waals surface area contributed by atoms with Crippen LogP contribution < -0.4 is 0 Å². The molecule has 0 aromatic rings. The summed E-state index contributed by atoms with van der Waals surface area (Å²) in [5.41, 5.74) is 0. The van der Waals surface area contributed by atoms with Gasteiger partial charge >= 0.3 is 0 Å². The Morgan fingerprint density at radius 2 is 2.07 bits per heavy atom. The zero-order valence-corrected chi connectivity index (χ0v) is 9.33. The SMILES string of the molecule is C=CC[N+](C)(C)CC(O)CS(=O)(=O)[O-]. The van der Waals surface area contributed by atoms with Gasteiger partial charge in [-0.15, -0.1) is 0 Å². The number of rotatable bonds is 6. The van der Waals surface area contributed by atoms with Crippen molar-refractivity contribution >= 4 is 10.1 Å². The maximum Gasteiger partial charge on any atom is 0.116 e. The van der Waals surface area contributed by atoms with E-state index in [0.29, 0.717) is 11.0 Å². The zero-order chi connectivity index (χ0) is 11.4. The molecule has 14 heavy (non-hydrogen) atoms. The number of likely N-dealkylation sites (N-methyl/N-ethyl adjacent to an activating group) is 1. The first-order chi connectivity index (χ1) is 6.16. The summed E-state index contributed by atoms with van der Waals surface area (Å²) in [4.78, 5) is 0. The lowest BCUT2D eigenvalue weighted by Gasteiger charge is -2.30. The highest BCUT2D eigenvalue weighted by molar-refractivity contribution is 7.85. The summed E-state index contributed by atoms with van der Waals surface area (Å²) in [6.07, 6.45) is 0.561. The molecule has 0 aliphatic rings. The molecule has 0 aliphatic heterocycles. The van der Waals surface area contributed by atoms with Gasteiger partial charge in [0.15, 0.2) is 0 Å². The minimum atomic E-state index is -4.35. The second kappa shape index (κ2) is 4.88. The van der Waals surface area contributed by atoms with Gasteiger partial charge in [-0.25, -0.2) is 8.42 Å². The summed E-state index contributed by atoms with van der Waals surface area (Å²) in [5.74, 6) is -0.730. The van der Waals surface area contributed by atoms with Crippen molar-refractivity contribution in [1.29, 1.82) is 0 Å². The maximum atomic E-state index is 10.3. The van der Waals surface area contributed by atoms with Crippen molar-refractivity contribution in [2.75, 3.05) is 32.9 Å².